The first kappa shape index (κ1) is 13.8. The van der Waals surface area contributed by atoms with E-state index in [2.05, 4.69) is 10.3 Å². The van der Waals surface area contributed by atoms with Crippen molar-refractivity contribution in [3.63, 3.8) is 0 Å². The average Bonchev–Trinajstić information content (AvgIpc) is 3.02. The van der Waals surface area contributed by atoms with Crippen molar-refractivity contribution >= 4 is 17.2 Å². The van der Waals surface area contributed by atoms with E-state index in [1.54, 1.807) is 5.38 Å². The third kappa shape index (κ3) is 1.70. The number of rotatable bonds is 3. The Morgan fingerprint density at radius 1 is 1.65 bits per heavy atom. The minimum atomic E-state index is -0.898. The van der Waals surface area contributed by atoms with Crippen molar-refractivity contribution in [3.8, 4) is 0 Å². The van der Waals surface area contributed by atoms with Crippen molar-refractivity contribution in [1.82, 2.24) is 10.3 Å². The highest BCUT2D eigenvalue weighted by Crippen LogP contribution is 2.58. The van der Waals surface area contributed by atoms with Crippen molar-refractivity contribution in [1.29, 1.82) is 0 Å². The fourth-order valence-corrected chi connectivity index (χ4v) is 4.15. The number of hydrogen-bond donors (Lipinski definition) is 3. The van der Waals surface area contributed by atoms with E-state index in [4.69, 9.17) is 10.5 Å². The predicted octanol–water partition coefficient (Wildman–Crippen LogP) is 0.195. The summed E-state index contributed by atoms with van der Waals surface area (Å²) in [6.07, 6.45) is 0.895. The summed E-state index contributed by atoms with van der Waals surface area (Å²) >= 11 is 1.08. The standard InChI is InChI=1S/C13H19N3O3S/c1-12(2)9-8(3-4-19-9)13(12,14)10(17)15-5-7-6-20-11(18)16-7/h6,8-9H,3-5,14H2,1-2H3,(H,15,17)(H,16,18). The first-order chi connectivity index (χ1) is 9.37. The molecule has 3 rings (SSSR count). The lowest BCUT2D eigenvalue weighted by atomic mass is 9.48. The summed E-state index contributed by atoms with van der Waals surface area (Å²) in [4.78, 5) is 26.1. The van der Waals surface area contributed by atoms with Gasteiger partial charge in [0.05, 0.1) is 12.6 Å². The molecule has 20 heavy (non-hydrogen) atoms. The summed E-state index contributed by atoms with van der Waals surface area (Å²) < 4.78 is 5.67. The Morgan fingerprint density at radius 3 is 3.05 bits per heavy atom. The van der Waals surface area contributed by atoms with E-state index in [0.717, 1.165) is 17.8 Å². The number of thiazole rings is 1. The van der Waals surface area contributed by atoms with Crippen molar-refractivity contribution in [3.05, 3.63) is 20.7 Å². The van der Waals surface area contributed by atoms with E-state index >= 15 is 0 Å². The molecule has 110 valence electrons. The van der Waals surface area contributed by atoms with Gasteiger partial charge in [0.25, 0.3) is 0 Å². The van der Waals surface area contributed by atoms with Gasteiger partial charge in [-0.15, -0.1) is 0 Å². The van der Waals surface area contributed by atoms with E-state index in [1.807, 2.05) is 13.8 Å². The maximum atomic E-state index is 12.5. The molecule has 1 saturated heterocycles. The second-order valence-corrected chi connectivity index (χ2v) is 6.98. The Morgan fingerprint density at radius 2 is 2.40 bits per heavy atom. The van der Waals surface area contributed by atoms with Gasteiger partial charge in [0.15, 0.2) is 0 Å². The summed E-state index contributed by atoms with van der Waals surface area (Å²) in [7, 11) is 0. The highest BCUT2D eigenvalue weighted by molar-refractivity contribution is 7.07. The zero-order valence-electron chi connectivity index (χ0n) is 11.6. The molecule has 0 radical (unpaired) electrons. The molecule has 2 heterocycles. The van der Waals surface area contributed by atoms with Crippen molar-refractivity contribution in [2.75, 3.05) is 6.61 Å². The van der Waals surface area contributed by atoms with E-state index in [-0.39, 0.29) is 28.2 Å². The van der Waals surface area contributed by atoms with Gasteiger partial charge < -0.3 is 20.8 Å². The lowest BCUT2D eigenvalue weighted by Gasteiger charge is -2.60. The molecule has 1 aromatic heterocycles. The highest BCUT2D eigenvalue weighted by Gasteiger charge is 2.71. The maximum absolute atomic E-state index is 12.5. The minimum absolute atomic E-state index is 0.0687. The second kappa shape index (κ2) is 4.41. The van der Waals surface area contributed by atoms with Gasteiger partial charge in [0, 0.05) is 29.0 Å². The van der Waals surface area contributed by atoms with Crippen LogP contribution in [0.25, 0.3) is 0 Å². The molecule has 1 saturated carbocycles. The summed E-state index contributed by atoms with van der Waals surface area (Å²) in [6.45, 7) is 4.92. The lowest BCUT2D eigenvalue weighted by molar-refractivity contribution is -0.175. The Bertz CT molecular complexity index is 594. The molecule has 2 aliphatic rings. The van der Waals surface area contributed by atoms with Crippen LogP contribution in [0.15, 0.2) is 10.2 Å². The van der Waals surface area contributed by atoms with Gasteiger partial charge in [-0.1, -0.05) is 25.2 Å². The number of fused-ring (bicyclic) bond motifs is 1. The zero-order chi connectivity index (χ0) is 14.5. The molecule has 0 bridgehead atoms. The minimum Gasteiger partial charge on any atom is -0.377 e. The molecular formula is C13H19N3O3S. The SMILES string of the molecule is CC1(C)C2OCCC2C1(N)C(=O)NCc1csc(=O)[nH]1. The molecule has 1 aromatic rings. The molecule has 0 aromatic carbocycles. The van der Waals surface area contributed by atoms with Crippen LogP contribution in [-0.2, 0) is 16.1 Å². The molecule has 2 fully saturated rings. The Hall–Kier alpha value is -1.18. The number of aromatic amines is 1. The second-order valence-electron chi connectivity index (χ2n) is 6.13. The van der Waals surface area contributed by atoms with Gasteiger partial charge in [-0.3, -0.25) is 9.59 Å². The van der Waals surface area contributed by atoms with Gasteiger partial charge in [-0.25, -0.2) is 0 Å². The molecule has 1 aliphatic carbocycles. The maximum Gasteiger partial charge on any atom is 0.304 e. The summed E-state index contributed by atoms with van der Waals surface area (Å²) in [6, 6.07) is 0. The largest absolute Gasteiger partial charge is 0.377 e. The fraction of sp³-hybridized carbons (Fsp3) is 0.692. The molecule has 1 aliphatic heterocycles. The molecule has 0 spiro atoms. The van der Waals surface area contributed by atoms with Crippen molar-refractivity contribution in [2.24, 2.45) is 17.1 Å². The van der Waals surface area contributed by atoms with E-state index in [0.29, 0.717) is 18.8 Å². The number of carbonyl (C=O) groups is 1. The molecule has 3 atom stereocenters. The fourth-order valence-electron chi connectivity index (χ4n) is 3.57. The van der Waals surface area contributed by atoms with Gasteiger partial charge in [0.2, 0.25) is 5.91 Å². The summed E-state index contributed by atoms with van der Waals surface area (Å²) in [5.74, 6) is -0.0830. The number of nitrogens with one attached hydrogen (secondary N) is 2. The van der Waals surface area contributed by atoms with Crippen LogP contribution < -0.4 is 15.9 Å². The molecule has 4 N–H and O–H groups in total. The van der Waals surface area contributed by atoms with Crippen molar-refractivity contribution < 1.29 is 9.53 Å². The zero-order valence-corrected chi connectivity index (χ0v) is 12.4. The van der Waals surface area contributed by atoms with Crippen LogP contribution in [0.2, 0.25) is 0 Å². The lowest BCUT2D eigenvalue weighted by Crippen LogP contribution is -2.80. The normalized spacial score (nSPS) is 34.4. The van der Waals surface area contributed by atoms with Gasteiger partial charge in [-0.2, -0.15) is 0 Å². The monoisotopic (exact) mass is 297 g/mol. The number of amides is 1. The third-order valence-electron chi connectivity index (χ3n) is 4.84. The smallest absolute Gasteiger partial charge is 0.304 e. The predicted molar refractivity (Wildman–Crippen MR) is 75.3 cm³/mol. The molecule has 3 unspecified atom stereocenters. The number of H-pyrrole nitrogens is 1. The van der Waals surface area contributed by atoms with Crippen LogP contribution in [0, 0.1) is 11.3 Å². The Kier molecular flexibility index (Phi) is 3.04. The molecule has 7 heteroatoms. The topological polar surface area (TPSA) is 97.2 Å². The highest BCUT2D eigenvalue weighted by atomic mass is 32.1. The summed E-state index contributed by atoms with van der Waals surface area (Å²) in [5.41, 5.74) is 5.85. The first-order valence-electron chi connectivity index (χ1n) is 6.73. The molecular weight excluding hydrogens is 278 g/mol. The third-order valence-corrected chi connectivity index (χ3v) is 5.56. The van der Waals surface area contributed by atoms with Crippen LogP contribution in [0.4, 0.5) is 0 Å². The number of hydrogen-bond acceptors (Lipinski definition) is 5. The van der Waals surface area contributed by atoms with Crippen LogP contribution >= 0.6 is 11.3 Å². The van der Waals surface area contributed by atoms with E-state index in [9.17, 15) is 9.59 Å². The summed E-state index contributed by atoms with van der Waals surface area (Å²) in [5, 5.41) is 4.55. The Labute approximate surface area is 120 Å². The van der Waals surface area contributed by atoms with Gasteiger partial charge >= 0.3 is 4.87 Å². The number of ether oxygens (including phenoxy) is 1. The Balaban J connectivity index is 1.71. The number of nitrogens with two attached hydrogens (primary N) is 1. The van der Waals surface area contributed by atoms with E-state index in [1.165, 1.54) is 0 Å². The molecule has 1 amide bonds. The average molecular weight is 297 g/mol. The van der Waals surface area contributed by atoms with E-state index < -0.39 is 5.54 Å². The van der Waals surface area contributed by atoms with Crippen LogP contribution in [0.3, 0.4) is 0 Å². The quantitative estimate of drug-likeness (QED) is 0.742. The first-order valence-corrected chi connectivity index (χ1v) is 7.61. The van der Waals surface area contributed by atoms with Crippen molar-refractivity contribution in [2.45, 2.75) is 38.5 Å². The number of carbonyl (C=O) groups excluding carboxylic acids is 1. The molecule has 6 nitrogen and oxygen atoms in total. The number of aromatic nitrogens is 1. The van der Waals surface area contributed by atoms with Crippen LogP contribution in [0.1, 0.15) is 26.0 Å². The van der Waals surface area contributed by atoms with Crippen LogP contribution in [0.5, 0.6) is 0 Å². The van der Waals surface area contributed by atoms with Gasteiger partial charge in [0.1, 0.15) is 5.54 Å². The van der Waals surface area contributed by atoms with Gasteiger partial charge in [-0.05, 0) is 6.42 Å². The van der Waals surface area contributed by atoms with Crippen LogP contribution in [-0.4, -0.2) is 29.1 Å².